The van der Waals surface area contributed by atoms with Gasteiger partial charge < -0.3 is 5.32 Å². The van der Waals surface area contributed by atoms with Gasteiger partial charge in [0.2, 0.25) is 0 Å². The predicted molar refractivity (Wildman–Crippen MR) is 74.0 cm³/mol. The molecule has 0 spiro atoms. The van der Waals surface area contributed by atoms with Gasteiger partial charge in [0.1, 0.15) is 5.82 Å². The molecule has 0 saturated carbocycles. The lowest BCUT2D eigenvalue weighted by Crippen LogP contribution is -2.07. The minimum absolute atomic E-state index is 0.153. The maximum Gasteiger partial charge on any atom is 0.127 e. The number of benzene rings is 2. The van der Waals surface area contributed by atoms with Crippen LogP contribution in [-0.2, 0) is 13.0 Å². The van der Waals surface area contributed by atoms with Crippen molar-refractivity contribution in [1.29, 1.82) is 0 Å². The van der Waals surface area contributed by atoms with Gasteiger partial charge in [-0.25, -0.2) is 4.39 Å². The van der Waals surface area contributed by atoms with Crippen LogP contribution in [0.25, 0.3) is 11.1 Å². The summed E-state index contributed by atoms with van der Waals surface area (Å²) in [6, 6.07) is 13.7. The number of hydrogen-bond donors (Lipinski definition) is 1. The van der Waals surface area contributed by atoms with Crippen molar-refractivity contribution in [1.82, 2.24) is 5.32 Å². The van der Waals surface area contributed by atoms with E-state index in [0.717, 1.165) is 17.5 Å². The number of halogens is 1. The summed E-state index contributed by atoms with van der Waals surface area (Å²) in [4.78, 5) is 0. The Morgan fingerprint density at radius 2 is 1.83 bits per heavy atom. The zero-order valence-electron chi connectivity index (χ0n) is 10.8. The first kappa shape index (κ1) is 12.8. The summed E-state index contributed by atoms with van der Waals surface area (Å²) < 4.78 is 13.6. The molecule has 0 atom stereocenters. The van der Waals surface area contributed by atoms with E-state index in [1.165, 1.54) is 5.56 Å². The van der Waals surface area contributed by atoms with Crippen molar-refractivity contribution in [3.05, 3.63) is 59.4 Å². The highest BCUT2D eigenvalue weighted by Crippen LogP contribution is 2.23. The van der Waals surface area contributed by atoms with Crippen molar-refractivity contribution in [3.63, 3.8) is 0 Å². The smallest absolute Gasteiger partial charge is 0.127 e. The topological polar surface area (TPSA) is 12.0 Å². The first-order chi connectivity index (χ1) is 8.74. The highest BCUT2D eigenvalue weighted by molar-refractivity contribution is 5.65. The second-order valence-electron chi connectivity index (χ2n) is 4.39. The average molecular weight is 243 g/mol. The molecule has 0 aliphatic rings. The summed E-state index contributed by atoms with van der Waals surface area (Å²) in [5.74, 6) is -0.153. The van der Waals surface area contributed by atoms with E-state index in [9.17, 15) is 4.39 Å². The molecule has 0 aliphatic carbocycles. The molecule has 0 radical (unpaired) electrons. The Labute approximate surface area is 108 Å². The Hall–Kier alpha value is -1.67. The molecular weight excluding hydrogens is 225 g/mol. The van der Waals surface area contributed by atoms with Gasteiger partial charge in [-0.2, -0.15) is 0 Å². The SMILES string of the molecule is CCc1cccc(-c2ccc(F)c(CNC)c2)c1. The monoisotopic (exact) mass is 243 g/mol. The molecular formula is C16H18FN. The molecule has 1 nitrogen and oxygen atoms in total. The standard InChI is InChI=1S/C16H18FN/c1-3-12-5-4-6-13(9-12)14-7-8-16(17)15(10-14)11-18-2/h4-10,18H,3,11H2,1-2H3. The fraction of sp³-hybridized carbons (Fsp3) is 0.250. The van der Waals surface area contributed by atoms with E-state index in [1.807, 2.05) is 19.2 Å². The van der Waals surface area contributed by atoms with E-state index in [2.05, 4.69) is 36.5 Å². The van der Waals surface area contributed by atoms with Crippen molar-refractivity contribution in [2.45, 2.75) is 19.9 Å². The van der Waals surface area contributed by atoms with E-state index >= 15 is 0 Å². The second-order valence-corrected chi connectivity index (χ2v) is 4.39. The van der Waals surface area contributed by atoms with Gasteiger partial charge in [0.05, 0.1) is 0 Å². The van der Waals surface area contributed by atoms with Crippen LogP contribution in [0.3, 0.4) is 0 Å². The Morgan fingerprint density at radius 3 is 2.56 bits per heavy atom. The lowest BCUT2D eigenvalue weighted by atomic mass is 10.00. The van der Waals surface area contributed by atoms with Gasteiger partial charge in [-0.3, -0.25) is 0 Å². The number of hydrogen-bond acceptors (Lipinski definition) is 1. The molecule has 0 fully saturated rings. The van der Waals surface area contributed by atoms with E-state index in [0.29, 0.717) is 12.1 Å². The van der Waals surface area contributed by atoms with Gasteiger partial charge in [0, 0.05) is 12.1 Å². The van der Waals surface area contributed by atoms with Crippen LogP contribution in [0.1, 0.15) is 18.1 Å². The van der Waals surface area contributed by atoms with Crippen LogP contribution in [0.4, 0.5) is 4.39 Å². The van der Waals surface area contributed by atoms with Crippen LogP contribution in [-0.4, -0.2) is 7.05 Å². The Morgan fingerprint density at radius 1 is 1.06 bits per heavy atom. The van der Waals surface area contributed by atoms with E-state index in [4.69, 9.17) is 0 Å². The van der Waals surface area contributed by atoms with E-state index in [1.54, 1.807) is 6.07 Å². The molecule has 0 aromatic heterocycles. The largest absolute Gasteiger partial charge is 0.316 e. The third-order valence-corrected chi connectivity index (χ3v) is 3.08. The minimum Gasteiger partial charge on any atom is -0.316 e. The van der Waals surface area contributed by atoms with Gasteiger partial charge >= 0.3 is 0 Å². The number of nitrogens with one attached hydrogen (secondary N) is 1. The zero-order chi connectivity index (χ0) is 13.0. The van der Waals surface area contributed by atoms with Crippen molar-refractivity contribution >= 4 is 0 Å². The third kappa shape index (κ3) is 2.77. The number of rotatable bonds is 4. The predicted octanol–water partition coefficient (Wildman–Crippen LogP) is 3.77. The minimum atomic E-state index is -0.153. The van der Waals surface area contributed by atoms with Gasteiger partial charge in [-0.1, -0.05) is 37.3 Å². The number of aryl methyl sites for hydroxylation is 1. The molecule has 0 aliphatic heterocycles. The van der Waals surface area contributed by atoms with Crippen molar-refractivity contribution < 1.29 is 4.39 Å². The highest BCUT2D eigenvalue weighted by atomic mass is 19.1. The summed E-state index contributed by atoms with van der Waals surface area (Å²) in [5, 5.41) is 2.99. The molecule has 2 aromatic rings. The molecule has 1 N–H and O–H groups in total. The van der Waals surface area contributed by atoms with Crippen LogP contribution in [0.5, 0.6) is 0 Å². The first-order valence-electron chi connectivity index (χ1n) is 6.27. The fourth-order valence-corrected chi connectivity index (χ4v) is 2.05. The van der Waals surface area contributed by atoms with Crippen molar-refractivity contribution in [2.24, 2.45) is 0 Å². The molecule has 0 heterocycles. The summed E-state index contributed by atoms with van der Waals surface area (Å²) in [6.07, 6.45) is 1.01. The summed E-state index contributed by atoms with van der Waals surface area (Å²) in [5.41, 5.74) is 4.22. The van der Waals surface area contributed by atoms with Crippen LogP contribution in [0.15, 0.2) is 42.5 Å². The molecule has 2 heteroatoms. The fourth-order valence-electron chi connectivity index (χ4n) is 2.05. The molecule has 18 heavy (non-hydrogen) atoms. The van der Waals surface area contributed by atoms with Crippen LogP contribution in [0.2, 0.25) is 0 Å². The van der Waals surface area contributed by atoms with Crippen LogP contribution < -0.4 is 5.32 Å². The maximum absolute atomic E-state index is 13.6. The molecule has 0 bridgehead atoms. The zero-order valence-corrected chi connectivity index (χ0v) is 10.8. The third-order valence-electron chi connectivity index (χ3n) is 3.08. The van der Waals surface area contributed by atoms with Gasteiger partial charge in [-0.05, 0) is 42.3 Å². The van der Waals surface area contributed by atoms with Gasteiger partial charge in [0.15, 0.2) is 0 Å². The lowest BCUT2D eigenvalue weighted by molar-refractivity contribution is 0.601. The average Bonchev–Trinajstić information content (AvgIpc) is 2.41. The molecule has 0 amide bonds. The van der Waals surface area contributed by atoms with Gasteiger partial charge in [0.25, 0.3) is 0 Å². The lowest BCUT2D eigenvalue weighted by Gasteiger charge is -2.08. The molecule has 2 aromatic carbocycles. The van der Waals surface area contributed by atoms with Crippen molar-refractivity contribution in [3.8, 4) is 11.1 Å². The molecule has 2 rings (SSSR count). The molecule has 94 valence electrons. The Kier molecular flexibility index (Phi) is 4.11. The van der Waals surface area contributed by atoms with Gasteiger partial charge in [-0.15, -0.1) is 0 Å². The Balaban J connectivity index is 2.40. The highest BCUT2D eigenvalue weighted by Gasteiger charge is 2.05. The second kappa shape index (κ2) is 5.78. The van der Waals surface area contributed by atoms with E-state index in [-0.39, 0.29) is 5.82 Å². The van der Waals surface area contributed by atoms with Crippen molar-refractivity contribution in [2.75, 3.05) is 7.05 Å². The normalized spacial score (nSPS) is 10.6. The van der Waals surface area contributed by atoms with Crippen LogP contribution >= 0.6 is 0 Å². The molecule has 0 unspecified atom stereocenters. The molecule has 0 saturated heterocycles. The maximum atomic E-state index is 13.6. The first-order valence-corrected chi connectivity index (χ1v) is 6.27. The summed E-state index contributed by atoms with van der Waals surface area (Å²) in [7, 11) is 1.82. The van der Waals surface area contributed by atoms with Crippen LogP contribution in [0, 0.1) is 5.82 Å². The Bertz CT molecular complexity index is 534. The quantitative estimate of drug-likeness (QED) is 0.861. The summed E-state index contributed by atoms with van der Waals surface area (Å²) >= 11 is 0. The summed E-state index contributed by atoms with van der Waals surface area (Å²) in [6.45, 7) is 2.68. The van der Waals surface area contributed by atoms with E-state index < -0.39 is 0 Å².